The number of rotatable bonds is 16. The van der Waals surface area contributed by atoms with Crippen LogP contribution in [0.3, 0.4) is 0 Å². The number of aliphatic hydroxyl groups excluding tert-OH is 1. The van der Waals surface area contributed by atoms with Gasteiger partial charge in [0.05, 0.1) is 12.4 Å². The van der Waals surface area contributed by atoms with E-state index in [1.54, 1.807) is 0 Å². The summed E-state index contributed by atoms with van der Waals surface area (Å²) in [5.74, 6) is 0.884. The van der Waals surface area contributed by atoms with Crippen LogP contribution in [0.4, 0.5) is 0 Å². The molecule has 0 bridgehead atoms. The number of allylic oxidation sites excluding steroid dienone is 1. The van der Waals surface area contributed by atoms with Crippen molar-refractivity contribution in [3.05, 3.63) is 12.3 Å². The summed E-state index contributed by atoms with van der Waals surface area (Å²) in [4.78, 5) is 0. The third-order valence-electron chi connectivity index (χ3n) is 3.67. The average Bonchev–Trinajstić information content (AvgIpc) is 2.45. The Morgan fingerprint density at radius 3 is 1.90 bits per heavy atom. The largest absolute Gasteiger partial charge is 0.499 e. The van der Waals surface area contributed by atoms with Gasteiger partial charge in [-0.25, -0.2) is 0 Å². The second kappa shape index (κ2) is 16.6. The van der Waals surface area contributed by atoms with Gasteiger partial charge in [0, 0.05) is 13.0 Å². The van der Waals surface area contributed by atoms with Gasteiger partial charge >= 0.3 is 0 Å². The van der Waals surface area contributed by atoms with Gasteiger partial charge in [-0.15, -0.1) is 0 Å². The molecule has 0 saturated carbocycles. The molecule has 0 aromatic heterocycles. The van der Waals surface area contributed by atoms with Crippen molar-refractivity contribution in [3.63, 3.8) is 0 Å². The number of hydrogen-bond donors (Lipinski definition) is 1. The number of unbranched alkanes of at least 4 members (excludes halogenated alkanes) is 10. The van der Waals surface area contributed by atoms with Crippen LogP contribution < -0.4 is 0 Å². The molecular formula is C18H36O2. The summed E-state index contributed by atoms with van der Waals surface area (Å²) in [6.07, 6.45) is 16.3. The van der Waals surface area contributed by atoms with Gasteiger partial charge in [-0.05, 0) is 19.3 Å². The zero-order valence-electron chi connectivity index (χ0n) is 13.7. The van der Waals surface area contributed by atoms with E-state index >= 15 is 0 Å². The highest BCUT2D eigenvalue weighted by atomic mass is 16.5. The predicted octanol–water partition coefficient (Wildman–Crippen LogP) is 5.60. The topological polar surface area (TPSA) is 29.5 Å². The highest BCUT2D eigenvalue weighted by Gasteiger charge is 1.96. The number of hydrogen-bond acceptors (Lipinski definition) is 2. The summed E-state index contributed by atoms with van der Waals surface area (Å²) in [5.41, 5.74) is 0. The molecule has 2 nitrogen and oxygen atoms in total. The van der Waals surface area contributed by atoms with E-state index in [-0.39, 0.29) is 6.61 Å². The molecule has 0 aliphatic heterocycles. The Kier molecular flexibility index (Phi) is 16.1. The minimum atomic E-state index is 0.270. The molecule has 0 amide bonds. The van der Waals surface area contributed by atoms with Crippen molar-refractivity contribution < 1.29 is 9.84 Å². The molecule has 0 aliphatic carbocycles. The molecule has 2 heteroatoms. The fourth-order valence-corrected chi connectivity index (χ4v) is 2.31. The van der Waals surface area contributed by atoms with E-state index in [1.165, 1.54) is 57.8 Å². The zero-order chi connectivity index (χ0) is 14.9. The maximum absolute atomic E-state index is 8.69. The quantitative estimate of drug-likeness (QED) is 0.295. The smallest absolute Gasteiger partial charge is 0.0888 e. The third-order valence-corrected chi connectivity index (χ3v) is 3.67. The summed E-state index contributed by atoms with van der Waals surface area (Å²) in [6.45, 7) is 7.26. The first-order valence-electron chi connectivity index (χ1n) is 8.72. The molecule has 0 spiro atoms. The molecule has 0 unspecified atom stereocenters. The monoisotopic (exact) mass is 284 g/mol. The fourth-order valence-electron chi connectivity index (χ4n) is 2.31. The van der Waals surface area contributed by atoms with Gasteiger partial charge in [0.15, 0.2) is 0 Å². The molecule has 0 atom stereocenters. The van der Waals surface area contributed by atoms with Crippen LogP contribution in [0, 0.1) is 0 Å². The third kappa shape index (κ3) is 15.6. The highest BCUT2D eigenvalue weighted by molar-refractivity contribution is 4.81. The lowest BCUT2D eigenvalue weighted by molar-refractivity contribution is 0.193. The fraction of sp³-hybridized carbons (Fsp3) is 0.889. The van der Waals surface area contributed by atoms with Crippen LogP contribution in [0.1, 0.15) is 90.4 Å². The highest BCUT2D eigenvalue weighted by Crippen LogP contribution is 2.11. The van der Waals surface area contributed by atoms with Gasteiger partial charge in [-0.3, -0.25) is 0 Å². The first-order valence-corrected chi connectivity index (χ1v) is 8.72. The summed E-state index contributed by atoms with van der Waals surface area (Å²) in [5, 5.41) is 8.69. The van der Waals surface area contributed by atoms with Gasteiger partial charge < -0.3 is 9.84 Å². The molecule has 0 aliphatic rings. The molecule has 0 saturated heterocycles. The Labute approximate surface area is 126 Å². The van der Waals surface area contributed by atoms with Crippen molar-refractivity contribution >= 4 is 0 Å². The average molecular weight is 284 g/mol. The van der Waals surface area contributed by atoms with E-state index in [1.807, 2.05) is 0 Å². The lowest BCUT2D eigenvalue weighted by Crippen LogP contribution is -1.95. The van der Waals surface area contributed by atoms with Crippen LogP contribution in [0.2, 0.25) is 0 Å². The first kappa shape index (κ1) is 19.5. The molecular weight excluding hydrogens is 248 g/mol. The Balaban J connectivity index is 3.07. The minimum absolute atomic E-state index is 0.270. The second-order valence-corrected chi connectivity index (χ2v) is 5.75. The maximum Gasteiger partial charge on any atom is 0.0888 e. The maximum atomic E-state index is 8.69. The SMILES string of the molecule is C=C(CCCCO)OCCCCCCCCCCCC. The summed E-state index contributed by atoms with van der Waals surface area (Å²) in [6, 6.07) is 0. The molecule has 0 heterocycles. The van der Waals surface area contributed by atoms with Gasteiger partial charge in [-0.2, -0.15) is 0 Å². The Morgan fingerprint density at radius 2 is 1.35 bits per heavy atom. The van der Waals surface area contributed by atoms with Crippen LogP contribution in [0.15, 0.2) is 12.3 Å². The molecule has 0 aromatic rings. The van der Waals surface area contributed by atoms with Crippen molar-refractivity contribution in [1.82, 2.24) is 0 Å². The molecule has 0 fully saturated rings. The van der Waals surface area contributed by atoms with E-state index < -0.39 is 0 Å². The van der Waals surface area contributed by atoms with Crippen LogP contribution in [-0.4, -0.2) is 18.3 Å². The first-order chi connectivity index (χ1) is 9.81. The van der Waals surface area contributed by atoms with E-state index in [2.05, 4.69) is 13.5 Å². The van der Waals surface area contributed by atoms with Crippen LogP contribution >= 0.6 is 0 Å². The molecule has 20 heavy (non-hydrogen) atoms. The summed E-state index contributed by atoms with van der Waals surface area (Å²) < 4.78 is 5.58. The summed E-state index contributed by atoms with van der Waals surface area (Å²) >= 11 is 0. The van der Waals surface area contributed by atoms with E-state index in [0.29, 0.717) is 0 Å². The van der Waals surface area contributed by atoms with Crippen molar-refractivity contribution in [2.45, 2.75) is 90.4 Å². The Bertz CT molecular complexity index is 202. The standard InChI is InChI=1S/C18H36O2/c1-3-4-5-6-7-8-9-10-11-14-17-20-18(2)15-12-13-16-19/h19H,2-17H2,1H3. The van der Waals surface area contributed by atoms with E-state index in [4.69, 9.17) is 9.84 Å². The van der Waals surface area contributed by atoms with Crippen LogP contribution in [-0.2, 0) is 4.74 Å². The number of ether oxygens (including phenoxy) is 1. The van der Waals surface area contributed by atoms with Crippen molar-refractivity contribution in [2.24, 2.45) is 0 Å². The Morgan fingerprint density at radius 1 is 0.800 bits per heavy atom. The van der Waals surface area contributed by atoms with Crippen molar-refractivity contribution in [1.29, 1.82) is 0 Å². The minimum Gasteiger partial charge on any atom is -0.499 e. The van der Waals surface area contributed by atoms with Gasteiger partial charge in [0.2, 0.25) is 0 Å². The zero-order valence-corrected chi connectivity index (χ0v) is 13.7. The van der Waals surface area contributed by atoms with Crippen molar-refractivity contribution in [2.75, 3.05) is 13.2 Å². The van der Waals surface area contributed by atoms with E-state index in [0.717, 1.165) is 38.0 Å². The predicted molar refractivity (Wildman–Crippen MR) is 87.9 cm³/mol. The van der Waals surface area contributed by atoms with E-state index in [9.17, 15) is 0 Å². The molecule has 1 N–H and O–H groups in total. The van der Waals surface area contributed by atoms with Crippen LogP contribution in [0.25, 0.3) is 0 Å². The van der Waals surface area contributed by atoms with Gasteiger partial charge in [0.25, 0.3) is 0 Å². The van der Waals surface area contributed by atoms with Crippen LogP contribution in [0.5, 0.6) is 0 Å². The van der Waals surface area contributed by atoms with Crippen molar-refractivity contribution in [3.8, 4) is 0 Å². The normalized spacial score (nSPS) is 10.7. The second-order valence-electron chi connectivity index (χ2n) is 5.75. The molecule has 0 rings (SSSR count). The lowest BCUT2D eigenvalue weighted by atomic mass is 10.1. The number of aliphatic hydroxyl groups is 1. The molecule has 0 aromatic carbocycles. The Hall–Kier alpha value is -0.500. The van der Waals surface area contributed by atoms with Gasteiger partial charge in [0.1, 0.15) is 0 Å². The molecule has 0 radical (unpaired) electrons. The lowest BCUT2D eigenvalue weighted by Gasteiger charge is -2.08. The van der Waals surface area contributed by atoms with Gasteiger partial charge in [-0.1, -0.05) is 71.3 Å². The molecule has 120 valence electrons. The summed E-state index contributed by atoms with van der Waals surface area (Å²) in [7, 11) is 0.